The Labute approximate surface area is 284 Å². The zero-order chi connectivity index (χ0) is 34.6. The normalized spacial score (nSPS) is 14.1. The highest BCUT2D eigenvalue weighted by atomic mass is 32.2. The van der Waals surface area contributed by atoms with Gasteiger partial charge in [0.25, 0.3) is 15.9 Å². The molecule has 2 amide bonds. The van der Waals surface area contributed by atoms with E-state index in [0.29, 0.717) is 31.9 Å². The van der Waals surface area contributed by atoms with Gasteiger partial charge in [0.15, 0.2) is 6.61 Å². The number of carbonyl (C=O) groups is 2. The van der Waals surface area contributed by atoms with E-state index in [0.717, 1.165) is 30.8 Å². The van der Waals surface area contributed by atoms with Gasteiger partial charge in [-0.1, -0.05) is 42.5 Å². The smallest absolute Gasteiger partial charge is 0.261 e. The second kappa shape index (κ2) is 17.0. The molecule has 1 heterocycles. The summed E-state index contributed by atoms with van der Waals surface area (Å²) in [7, 11) is -3.97. The third kappa shape index (κ3) is 10.6. The van der Waals surface area contributed by atoms with Crippen LogP contribution in [0.25, 0.3) is 0 Å². The van der Waals surface area contributed by atoms with E-state index < -0.39 is 40.2 Å². The molecule has 1 aliphatic rings. The van der Waals surface area contributed by atoms with Crippen LogP contribution in [-0.4, -0.2) is 82.1 Å². The summed E-state index contributed by atoms with van der Waals surface area (Å²) >= 11 is 0. The van der Waals surface area contributed by atoms with Crippen molar-refractivity contribution >= 4 is 27.5 Å². The van der Waals surface area contributed by atoms with Gasteiger partial charge in [0.1, 0.15) is 23.4 Å². The van der Waals surface area contributed by atoms with E-state index in [4.69, 9.17) is 9.47 Å². The van der Waals surface area contributed by atoms with Crippen LogP contribution in [0.15, 0.2) is 108 Å². The van der Waals surface area contributed by atoms with Crippen LogP contribution in [0.1, 0.15) is 11.1 Å². The Bertz CT molecular complexity index is 1770. The highest BCUT2D eigenvalue weighted by Crippen LogP contribution is 2.21. The predicted molar refractivity (Wildman–Crippen MR) is 180 cm³/mol. The van der Waals surface area contributed by atoms with Crippen LogP contribution in [0.5, 0.6) is 5.75 Å². The molecule has 1 atom stereocenters. The van der Waals surface area contributed by atoms with Gasteiger partial charge in [0.05, 0.1) is 18.1 Å². The number of anilines is 1. The topological polar surface area (TPSA) is 117 Å². The van der Waals surface area contributed by atoms with Gasteiger partial charge in [0.2, 0.25) is 5.91 Å². The Balaban J connectivity index is 1.31. The number of hydrogen-bond donors (Lipinski definition) is 2. The molecule has 5 rings (SSSR count). The summed E-state index contributed by atoms with van der Waals surface area (Å²) in [5.41, 5.74) is 1.67. The van der Waals surface area contributed by atoms with Crippen LogP contribution in [-0.2, 0) is 37.3 Å². The van der Waals surface area contributed by atoms with E-state index >= 15 is 0 Å². The Morgan fingerprint density at radius 1 is 0.837 bits per heavy atom. The highest BCUT2D eigenvalue weighted by Gasteiger charge is 2.31. The summed E-state index contributed by atoms with van der Waals surface area (Å²) in [6.45, 7) is 3.39. The van der Waals surface area contributed by atoms with Crippen molar-refractivity contribution in [2.24, 2.45) is 0 Å². The van der Waals surface area contributed by atoms with E-state index in [-0.39, 0.29) is 35.2 Å². The third-order valence-electron chi connectivity index (χ3n) is 7.96. The first kappa shape index (κ1) is 35.5. The lowest BCUT2D eigenvalue weighted by molar-refractivity contribution is -0.142. The molecule has 4 aromatic rings. The molecule has 49 heavy (non-hydrogen) atoms. The molecule has 2 N–H and O–H groups in total. The number of carbonyl (C=O) groups excluding carboxylic acids is 2. The summed E-state index contributed by atoms with van der Waals surface area (Å²) < 4.78 is 66.2. The Morgan fingerprint density at radius 2 is 1.47 bits per heavy atom. The Morgan fingerprint density at radius 3 is 2.12 bits per heavy atom. The fourth-order valence-corrected chi connectivity index (χ4v) is 6.35. The predicted octanol–water partition coefficient (Wildman–Crippen LogP) is 4.23. The molecule has 1 saturated heterocycles. The fraction of sp³-hybridized carbons (Fsp3) is 0.278. The molecule has 1 aliphatic heterocycles. The van der Waals surface area contributed by atoms with Crippen LogP contribution in [0.4, 0.5) is 14.5 Å². The van der Waals surface area contributed by atoms with Gasteiger partial charge in [-0.2, -0.15) is 0 Å². The average molecular weight is 693 g/mol. The van der Waals surface area contributed by atoms with Gasteiger partial charge in [-0.15, -0.1) is 0 Å². The number of benzene rings is 4. The molecule has 4 aromatic carbocycles. The van der Waals surface area contributed by atoms with E-state index in [1.165, 1.54) is 53.4 Å². The Kier molecular flexibility index (Phi) is 12.3. The van der Waals surface area contributed by atoms with Gasteiger partial charge < -0.3 is 19.7 Å². The van der Waals surface area contributed by atoms with Gasteiger partial charge in [-0.25, -0.2) is 17.2 Å². The molecular formula is C36H38F2N4O6S. The molecule has 13 heteroatoms. The lowest BCUT2D eigenvalue weighted by Crippen LogP contribution is -2.52. The summed E-state index contributed by atoms with van der Waals surface area (Å²) in [6, 6.07) is 24.5. The zero-order valence-corrected chi connectivity index (χ0v) is 27.6. The van der Waals surface area contributed by atoms with Crippen molar-refractivity contribution in [1.29, 1.82) is 0 Å². The maximum atomic E-state index is 13.9. The van der Waals surface area contributed by atoms with Crippen LogP contribution in [0.2, 0.25) is 0 Å². The average Bonchev–Trinajstić information content (AvgIpc) is 3.11. The van der Waals surface area contributed by atoms with Crippen LogP contribution in [0.3, 0.4) is 0 Å². The van der Waals surface area contributed by atoms with Crippen molar-refractivity contribution in [2.75, 3.05) is 50.7 Å². The van der Waals surface area contributed by atoms with E-state index in [2.05, 4.69) is 14.9 Å². The van der Waals surface area contributed by atoms with Crippen LogP contribution < -0.4 is 14.8 Å². The number of rotatable bonds is 15. The molecular weight excluding hydrogens is 654 g/mol. The molecule has 0 radical (unpaired) electrons. The molecule has 0 spiro atoms. The number of morpholine rings is 1. The first-order valence-corrected chi connectivity index (χ1v) is 17.3. The molecule has 258 valence electrons. The molecule has 0 aliphatic carbocycles. The second-order valence-corrected chi connectivity index (χ2v) is 13.2. The fourth-order valence-electron chi connectivity index (χ4n) is 5.30. The summed E-state index contributed by atoms with van der Waals surface area (Å²) in [4.78, 5) is 31.2. The summed E-state index contributed by atoms with van der Waals surface area (Å²) in [5.74, 6) is -1.53. The van der Waals surface area contributed by atoms with Crippen molar-refractivity contribution in [3.63, 3.8) is 0 Å². The van der Waals surface area contributed by atoms with Crippen molar-refractivity contribution in [2.45, 2.75) is 23.9 Å². The molecule has 0 bridgehead atoms. The molecule has 0 aromatic heterocycles. The maximum absolute atomic E-state index is 13.9. The number of sulfonamides is 1. The van der Waals surface area contributed by atoms with Crippen molar-refractivity contribution in [1.82, 2.24) is 15.1 Å². The number of halogens is 2. The minimum absolute atomic E-state index is 0.0170. The highest BCUT2D eigenvalue weighted by molar-refractivity contribution is 7.92. The zero-order valence-electron chi connectivity index (χ0n) is 26.8. The number of amides is 2. The number of hydrogen-bond acceptors (Lipinski definition) is 7. The summed E-state index contributed by atoms with van der Waals surface area (Å²) in [5, 5.41) is 3.00. The van der Waals surface area contributed by atoms with Crippen LogP contribution in [0, 0.1) is 11.6 Å². The molecule has 0 unspecified atom stereocenters. The van der Waals surface area contributed by atoms with Crippen LogP contribution >= 0.6 is 0 Å². The molecule has 10 nitrogen and oxygen atoms in total. The van der Waals surface area contributed by atoms with E-state index in [9.17, 15) is 26.8 Å². The Hall–Kier alpha value is -4.85. The van der Waals surface area contributed by atoms with Gasteiger partial charge in [-0.05, 0) is 71.8 Å². The monoisotopic (exact) mass is 692 g/mol. The number of nitrogens with one attached hydrogen (secondary N) is 2. The lowest BCUT2D eigenvalue weighted by atomic mass is 10.0. The van der Waals surface area contributed by atoms with Crippen molar-refractivity contribution in [3.05, 3.63) is 126 Å². The third-order valence-corrected chi connectivity index (χ3v) is 9.36. The number of ether oxygens (including phenoxy) is 2. The van der Waals surface area contributed by atoms with Gasteiger partial charge in [0, 0.05) is 44.8 Å². The SMILES string of the molecule is O=C(NCCN1CCOCC1)[C@@H](Cc1ccccc1)N(Cc1ccc(F)cc1)C(=O)COc1ccc(S(=O)(=O)Nc2ccc(F)cc2)cc1. The molecule has 0 saturated carbocycles. The van der Waals surface area contributed by atoms with E-state index in [1.807, 2.05) is 30.3 Å². The van der Waals surface area contributed by atoms with Gasteiger partial charge in [-0.3, -0.25) is 19.2 Å². The van der Waals surface area contributed by atoms with Crippen molar-refractivity contribution < 1.29 is 36.3 Å². The van der Waals surface area contributed by atoms with Gasteiger partial charge >= 0.3 is 0 Å². The quantitative estimate of drug-likeness (QED) is 0.192. The minimum atomic E-state index is -3.97. The first-order chi connectivity index (χ1) is 23.7. The first-order valence-electron chi connectivity index (χ1n) is 15.8. The lowest BCUT2D eigenvalue weighted by Gasteiger charge is -2.32. The number of nitrogens with zero attached hydrogens (tertiary/aromatic N) is 2. The standard InChI is InChI=1S/C36H38F2N4O6S/c37-29-8-6-28(7-9-29)25-42(34(24-27-4-2-1-3-5-27)36(44)39-18-19-41-20-22-47-23-21-41)35(43)26-48-32-14-16-33(17-15-32)49(45,46)40-31-12-10-30(38)11-13-31/h1-17,34,40H,18-26H2,(H,39,44)/t34-/m1/s1. The second-order valence-electron chi connectivity index (χ2n) is 11.5. The minimum Gasteiger partial charge on any atom is -0.484 e. The maximum Gasteiger partial charge on any atom is 0.261 e. The summed E-state index contributed by atoms with van der Waals surface area (Å²) in [6.07, 6.45) is 0.227. The largest absolute Gasteiger partial charge is 0.484 e. The van der Waals surface area contributed by atoms with Crippen molar-refractivity contribution in [3.8, 4) is 5.75 Å². The molecule has 1 fully saturated rings. The van der Waals surface area contributed by atoms with E-state index in [1.54, 1.807) is 12.1 Å².